The zero-order valence-electron chi connectivity index (χ0n) is 11.5. The van der Waals surface area contributed by atoms with Gasteiger partial charge in [-0.1, -0.05) is 12.5 Å². The molecule has 1 aromatic carbocycles. The molecule has 1 aliphatic heterocycles. The normalized spacial score (nSPS) is 26.4. The number of aromatic carboxylic acids is 1. The summed E-state index contributed by atoms with van der Waals surface area (Å²) in [6.45, 7) is 1.81. The number of hydrogen-bond acceptors (Lipinski definition) is 2. The molecular weight excluding hydrogens is 257 g/mol. The largest absolute Gasteiger partial charge is 0.478 e. The first-order valence-electron chi connectivity index (χ1n) is 7.41. The van der Waals surface area contributed by atoms with Crippen LogP contribution >= 0.6 is 0 Å². The van der Waals surface area contributed by atoms with Gasteiger partial charge in [-0.15, -0.1) is 0 Å². The van der Waals surface area contributed by atoms with Crippen molar-refractivity contribution in [1.29, 1.82) is 0 Å². The summed E-state index contributed by atoms with van der Waals surface area (Å²) in [6, 6.07) is 5.10. The van der Waals surface area contributed by atoms with Crippen LogP contribution in [0.5, 0.6) is 0 Å². The molecule has 108 valence electrons. The summed E-state index contributed by atoms with van der Waals surface area (Å²) in [5.41, 5.74) is 0.679. The van der Waals surface area contributed by atoms with E-state index in [9.17, 15) is 9.18 Å². The molecule has 1 saturated carbocycles. The Balaban J connectivity index is 1.77. The minimum atomic E-state index is -1.19. The van der Waals surface area contributed by atoms with E-state index in [0.717, 1.165) is 24.6 Å². The second kappa shape index (κ2) is 5.52. The van der Waals surface area contributed by atoms with Crippen LogP contribution in [0.2, 0.25) is 0 Å². The lowest BCUT2D eigenvalue weighted by Gasteiger charge is -2.37. The van der Waals surface area contributed by atoms with Crippen molar-refractivity contribution in [3.8, 4) is 0 Å². The molecule has 2 aliphatic rings. The second-order valence-electron chi connectivity index (χ2n) is 5.99. The average Bonchev–Trinajstić information content (AvgIpc) is 2.90. The summed E-state index contributed by atoms with van der Waals surface area (Å²) < 4.78 is 13.4. The minimum Gasteiger partial charge on any atom is -0.478 e. The quantitative estimate of drug-likeness (QED) is 0.921. The maximum Gasteiger partial charge on any atom is 0.338 e. The first-order chi connectivity index (χ1) is 9.65. The molecule has 4 heteroatoms. The Morgan fingerprint density at radius 2 is 2.10 bits per heavy atom. The molecule has 1 N–H and O–H groups in total. The number of carboxylic acid groups (broad SMARTS) is 1. The van der Waals surface area contributed by atoms with Gasteiger partial charge in [0.2, 0.25) is 0 Å². The van der Waals surface area contributed by atoms with Crippen LogP contribution in [-0.4, -0.2) is 28.6 Å². The van der Waals surface area contributed by atoms with Crippen molar-refractivity contribution in [2.45, 2.75) is 44.7 Å². The van der Waals surface area contributed by atoms with E-state index in [1.165, 1.54) is 44.2 Å². The van der Waals surface area contributed by atoms with Crippen LogP contribution in [0.1, 0.15) is 48.0 Å². The summed E-state index contributed by atoms with van der Waals surface area (Å²) in [5, 5.41) is 8.99. The molecular formula is C16H20FNO2. The molecule has 0 amide bonds. The first-order valence-corrected chi connectivity index (χ1v) is 7.41. The van der Waals surface area contributed by atoms with E-state index < -0.39 is 11.8 Å². The van der Waals surface area contributed by atoms with Crippen LogP contribution in [0.25, 0.3) is 0 Å². The number of carboxylic acids is 1. The number of piperidine rings is 1. The molecule has 1 saturated heterocycles. The number of likely N-dealkylation sites (tertiary alicyclic amines) is 1. The lowest BCUT2D eigenvalue weighted by molar-refractivity contribution is 0.0691. The molecule has 2 atom stereocenters. The lowest BCUT2D eigenvalue weighted by Crippen LogP contribution is -2.41. The molecule has 0 radical (unpaired) electrons. The van der Waals surface area contributed by atoms with Crippen LogP contribution in [0.4, 0.5) is 4.39 Å². The van der Waals surface area contributed by atoms with Crippen molar-refractivity contribution in [2.24, 2.45) is 5.92 Å². The Kier molecular flexibility index (Phi) is 3.74. The average molecular weight is 277 g/mol. The molecule has 20 heavy (non-hydrogen) atoms. The third-order valence-corrected chi connectivity index (χ3v) is 4.76. The fourth-order valence-corrected chi connectivity index (χ4v) is 3.82. The van der Waals surface area contributed by atoms with E-state index in [2.05, 4.69) is 4.90 Å². The van der Waals surface area contributed by atoms with Gasteiger partial charge in [-0.2, -0.15) is 0 Å². The maximum atomic E-state index is 13.4. The number of rotatable bonds is 3. The molecule has 3 rings (SSSR count). The van der Waals surface area contributed by atoms with Gasteiger partial charge in [0.1, 0.15) is 5.82 Å². The Labute approximate surface area is 118 Å². The number of benzene rings is 1. The molecule has 1 aromatic rings. The summed E-state index contributed by atoms with van der Waals surface area (Å²) >= 11 is 0. The Bertz CT molecular complexity index is 517. The molecule has 1 heterocycles. The summed E-state index contributed by atoms with van der Waals surface area (Å²) in [5.74, 6) is -1.04. The monoisotopic (exact) mass is 277 g/mol. The molecule has 0 spiro atoms. The Morgan fingerprint density at radius 3 is 2.90 bits per heavy atom. The van der Waals surface area contributed by atoms with Crippen molar-refractivity contribution in [2.75, 3.05) is 6.54 Å². The molecule has 3 nitrogen and oxygen atoms in total. The zero-order valence-corrected chi connectivity index (χ0v) is 11.5. The Hall–Kier alpha value is -1.42. The van der Waals surface area contributed by atoms with Gasteiger partial charge in [0.15, 0.2) is 0 Å². The van der Waals surface area contributed by atoms with Gasteiger partial charge in [0.05, 0.1) is 5.56 Å². The topological polar surface area (TPSA) is 40.5 Å². The van der Waals surface area contributed by atoms with Crippen molar-refractivity contribution < 1.29 is 14.3 Å². The van der Waals surface area contributed by atoms with Crippen molar-refractivity contribution in [3.63, 3.8) is 0 Å². The molecule has 0 aromatic heterocycles. The molecule has 0 bridgehead atoms. The number of carbonyl (C=O) groups is 1. The Morgan fingerprint density at radius 1 is 1.30 bits per heavy atom. The summed E-state index contributed by atoms with van der Waals surface area (Å²) in [7, 11) is 0. The molecule has 2 unspecified atom stereocenters. The van der Waals surface area contributed by atoms with Gasteiger partial charge in [-0.3, -0.25) is 4.90 Å². The maximum absolute atomic E-state index is 13.4. The number of fused-ring (bicyclic) bond motifs is 1. The minimum absolute atomic E-state index is 0.220. The van der Waals surface area contributed by atoms with Crippen LogP contribution in [0, 0.1) is 11.7 Å². The third kappa shape index (κ3) is 2.57. The van der Waals surface area contributed by atoms with Crippen LogP contribution in [0.15, 0.2) is 18.2 Å². The first kappa shape index (κ1) is 13.6. The summed E-state index contributed by atoms with van der Waals surface area (Å²) in [6.07, 6.45) is 6.41. The highest BCUT2D eigenvalue weighted by Gasteiger charge is 2.34. The van der Waals surface area contributed by atoms with Gasteiger partial charge < -0.3 is 5.11 Å². The number of hydrogen-bond donors (Lipinski definition) is 1. The van der Waals surface area contributed by atoms with E-state index >= 15 is 0 Å². The van der Waals surface area contributed by atoms with Crippen molar-refractivity contribution in [3.05, 3.63) is 35.1 Å². The standard InChI is InChI=1S/C16H20FNO2/c17-14-7-6-11(9-13(14)16(19)20)10-18-8-2-4-12-3-1-5-15(12)18/h6-7,9,12,15H,1-5,8,10H2,(H,19,20). The number of halogens is 1. The second-order valence-corrected chi connectivity index (χ2v) is 5.99. The van der Waals surface area contributed by atoms with Crippen LogP contribution in [0.3, 0.4) is 0 Å². The van der Waals surface area contributed by atoms with E-state index in [-0.39, 0.29) is 5.56 Å². The van der Waals surface area contributed by atoms with E-state index in [0.29, 0.717) is 6.04 Å². The number of nitrogens with zero attached hydrogens (tertiary/aromatic N) is 1. The lowest BCUT2D eigenvalue weighted by atomic mass is 9.91. The predicted molar refractivity (Wildman–Crippen MR) is 74.1 cm³/mol. The predicted octanol–water partition coefficient (Wildman–Crippen LogP) is 3.29. The highest BCUT2D eigenvalue weighted by molar-refractivity contribution is 5.88. The van der Waals surface area contributed by atoms with Crippen molar-refractivity contribution >= 4 is 5.97 Å². The van der Waals surface area contributed by atoms with Gasteiger partial charge >= 0.3 is 5.97 Å². The fraction of sp³-hybridized carbons (Fsp3) is 0.562. The molecule has 2 fully saturated rings. The van der Waals surface area contributed by atoms with Gasteiger partial charge in [-0.05, 0) is 55.8 Å². The zero-order chi connectivity index (χ0) is 14.1. The van der Waals surface area contributed by atoms with E-state index in [1.807, 2.05) is 0 Å². The van der Waals surface area contributed by atoms with Gasteiger partial charge in [-0.25, -0.2) is 9.18 Å². The highest BCUT2D eigenvalue weighted by atomic mass is 19.1. The van der Waals surface area contributed by atoms with E-state index in [4.69, 9.17) is 5.11 Å². The van der Waals surface area contributed by atoms with Crippen LogP contribution in [-0.2, 0) is 6.54 Å². The fourth-order valence-electron chi connectivity index (χ4n) is 3.82. The highest BCUT2D eigenvalue weighted by Crippen LogP contribution is 2.37. The third-order valence-electron chi connectivity index (χ3n) is 4.76. The van der Waals surface area contributed by atoms with Crippen LogP contribution < -0.4 is 0 Å². The summed E-state index contributed by atoms with van der Waals surface area (Å²) in [4.78, 5) is 13.5. The van der Waals surface area contributed by atoms with Crippen molar-refractivity contribution in [1.82, 2.24) is 4.90 Å². The van der Waals surface area contributed by atoms with Gasteiger partial charge in [0.25, 0.3) is 0 Å². The SMILES string of the molecule is O=C(O)c1cc(CN2CCCC3CCCC32)ccc1F. The van der Waals surface area contributed by atoms with E-state index in [1.54, 1.807) is 6.07 Å². The smallest absolute Gasteiger partial charge is 0.338 e. The molecule has 1 aliphatic carbocycles. The van der Waals surface area contributed by atoms with Gasteiger partial charge in [0, 0.05) is 12.6 Å².